The van der Waals surface area contributed by atoms with Gasteiger partial charge in [0.2, 0.25) is 0 Å². The van der Waals surface area contributed by atoms with Gasteiger partial charge in [-0.1, -0.05) is 6.07 Å². The van der Waals surface area contributed by atoms with E-state index in [1.165, 1.54) is 28.8 Å². The Hall–Kier alpha value is -2.78. The lowest BCUT2D eigenvalue weighted by Crippen LogP contribution is -2.23. The van der Waals surface area contributed by atoms with Crippen LogP contribution in [0.4, 0.5) is 5.69 Å². The fourth-order valence-corrected chi connectivity index (χ4v) is 4.27. The van der Waals surface area contributed by atoms with Gasteiger partial charge >= 0.3 is 5.97 Å². The summed E-state index contributed by atoms with van der Waals surface area (Å²) in [5.41, 5.74) is 1.33. The zero-order valence-electron chi connectivity index (χ0n) is 17.2. The molecular weight excluding hydrogens is 484 g/mol. The van der Waals surface area contributed by atoms with E-state index in [0.29, 0.717) is 40.5 Å². The first-order chi connectivity index (χ1) is 14.8. The molecule has 0 atom stereocenters. The Bertz CT molecular complexity index is 1080. The van der Waals surface area contributed by atoms with Crippen LogP contribution in [0.5, 0.6) is 11.5 Å². The normalized spacial score (nSPS) is 16.3. The molecule has 0 saturated carbocycles. The zero-order chi connectivity index (χ0) is 22.5. The first-order valence-corrected chi connectivity index (χ1v) is 11.1. The molecule has 1 N–H and O–H groups in total. The molecule has 3 rings (SSSR count). The number of aromatic carboxylic acids is 1. The lowest BCUT2D eigenvalue weighted by molar-refractivity contribution is -0.121. The molecule has 0 bridgehead atoms. The van der Waals surface area contributed by atoms with Crippen molar-refractivity contribution < 1.29 is 24.2 Å². The Balaban J connectivity index is 1.96. The predicted molar refractivity (Wildman–Crippen MR) is 125 cm³/mol. The maximum atomic E-state index is 12.8. The standard InChI is InChI=1S/C22H21BrN2O5S/c1-4-29-17-12-18(30-5-2)16(23)10-14(17)11-19-20(26)25(3)22(31-19)24-15-8-6-7-13(9-15)21(27)28/h6-12H,4-5H2,1-3H3,(H,27,28). The van der Waals surface area contributed by atoms with Crippen molar-refractivity contribution in [2.45, 2.75) is 13.8 Å². The van der Waals surface area contributed by atoms with Gasteiger partial charge in [-0.15, -0.1) is 0 Å². The van der Waals surface area contributed by atoms with Crippen LogP contribution >= 0.6 is 27.7 Å². The first kappa shape index (κ1) is 22.9. The van der Waals surface area contributed by atoms with E-state index in [9.17, 15) is 9.59 Å². The van der Waals surface area contributed by atoms with Gasteiger partial charge in [-0.2, -0.15) is 0 Å². The minimum Gasteiger partial charge on any atom is -0.493 e. The topological polar surface area (TPSA) is 88.4 Å². The van der Waals surface area contributed by atoms with E-state index < -0.39 is 5.97 Å². The van der Waals surface area contributed by atoms with Gasteiger partial charge in [0, 0.05) is 18.7 Å². The monoisotopic (exact) mass is 504 g/mol. The lowest BCUT2D eigenvalue weighted by Gasteiger charge is -2.12. The molecule has 1 aliphatic rings. The second-order valence-electron chi connectivity index (χ2n) is 6.41. The second kappa shape index (κ2) is 10.0. The van der Waals surface area contributed by atoms with Crippen LogP contribution in [0.2, 0.25) is 0 Å². The Morgan fingerprint density at radius 3 is 2.58 bits per heavy atom. The van der Waals surface area contributed by atoms with Gasteiger partial charge in [0.05, 0.1) is 33.8 Å². The molecular formula is C22H21BrN2O5S. The highest BCUT2D eigenvalue weighted by molar-refractivity contribution is 9.10. The number of carboxylic acids is 1. The summed E-state index contributed by atoms with van der Waals surface area (Å²) in [6.45, 7) is 4.78. The van der Waals surface area contributed by atoms with E-state index in [4.69, 9.17) is 14.6 Å². The predicted octanol–water partition coefficient (Wildman–Crippen LogP) is 5.18. The van der Waals surface area contributed by atoms with Crippen molar-refractivity contribution in [3.05, 3.63) is 56.9 Å². The summed E-state index contributed by atoms with van der Waals surface area (Å²) in [6, 6.07) is 9.91. The zero-order valence-corrected chi connectivity index (χ0v) is 19.6. The summed E-state index contributed by atoms with van der Waals surface area (Å²) in [5.74, 6) is 0.0368. The minimum atomic E-state index is -1.03. The smallest absolute Gasteiger partial charge is 0.335 e. The molecule has 0 spiro atoms. The van der Waals surface area contributed by atoms with E-state index >= 15 is 0 Å². The molecule has 1 aliphatic heterocycles. The molecule has 2 aromatic carbocycles. The second-order valence-corrected chi connectivity index (χ2v) is 8.27. The Morgan fingerprint density at radius 2 is 1.90 bits per heavy atom. The van der Waals surface area contributed by atoms with Gasteiger partial charge in [0.15, 0.2) is 5.17 Å². The van der Waals surface area contributed by atoms with Gasteiger partial charge in [0.1, 0.15) is 11.5 Å². The molecule has 1 fully saturated rings. The van der Waals surface area contributed by atoms with Crippen molar-refractivity contribution in [3.63, 3.8) is 0 Å². The highest BCUT2D eigenvalue weighted by Gasteiger charge is 2.31. The van der Waals surface area contributed by atoms with Gasteiger partial charge in [-0.25, -0.2) is 9.79 Å². The van der Waals surface area contributed by atoms with E-state index in [2.05, 4.69) is 20.9 Å². The van der Waals surface area contributed by atoms with E-state index in [0.717, 1.165) is 10.0 Å². The number of likely N-dealkylation sites (N-methyl/N-ethyl adjacent to an activating group) is 1. The van der Waals surface area contributed by atoms with E-state index in [1.54, 1.807) is 31.3 Å². The third-order valence-corrected chi connectivity index (χ3v) is 5.95. The summed E-state index contributed by atoms with van der Waals surface area (Å²) < 4.78 is 12.1. The first-order valence-electron chi connectivity index (χ1n) is 9.52. The minimum absolute atomic E-state index is 0.134. The highest BCUT2D eigenvalue weighted by atomic mass is 79.9. The van der Waals surface area contributed by atoms with Crippen LogP contribution < -0.4 is 9.47 Å². The SMILES string of the molecule is CCOc1cc(OCC)c(C=C2SC(=Nc3cccc(C(=O)O)c3)N(C)C2=O)cc1Br. The summed E-state index contributed by atoms with van der Waals surface area (Å²) in [6.07, 6.45) is 1.76. The number of carbonyl (C=O) groups is 2. The molecule has 9 heteroatoms. The van der Waals surface area contributed by atoms with Crippen molar-refractivity contribution in [2.24, 2.45) is 4.99 Å². The maximum Gasteiger partial charge on any atom is 0.335 e. The van der Waals surface area contributed by atoms with Crippen LogP contribution in [0.25, 0.3) is 6.08 Å². The summed E-state index contributed by atoms with van der Waals surface area (Å²) in [4.78, 5) is 30.4. The molecule has 31 heavy (non-hydrogen) atoms. The summed E-state index contributed by atoms with van der Waals surface area (Å²) in [5, 5.41) is 9.62. The molecule has 7 nitrogen and oxygen atoms in total. The number of ether oxygens (including phenoxy) is 2. The number of halogens is 1. The molecule has 0 unspecified atom stereocenters. The fraction of sp³-hybridized carbons (Fsp3) is 0.227. The van der Waals surface area contributed by atoms with Crippen LogP contribution in [0.1, 0.15) is 29.8 Å². The lowest BCUT2D eigenvalue weighted by atomic mass is 10.1. The van der Waals surface area contributed by atoms with Crippen molar-refractivity contribution in [1.29, 1.82) is 0 Å². The van der Waals surface area contributed by atoms with Gasteiger partial charge in [0.25, 0.3) is 5.91 Å². The third kappa shape index (κ3) is 5.29. The van der Waals surface area contributed by atoms with Crippen LogP contribution in [0.15, 0.2) is 50.8 Å². The van der Waals surface area contributed by atoms with Crippen LogP contribution in [-0.4, -0.2) is 47.3 Å². The number of amidine groups is 1. The molecule has 1 amide bonds. The highest BCUT2D eigenvalue weighted by Crippen LogP contribution is 2.38. The average molecular weight is 505 g/mol. The number of hydrogen-bond donors (Lipinski definition) is 1. The van der Waals surface area contributed by atoms with Crippen molar-refractivity contribution in [1.82, 2.24) is 4.90 Å². The van der Waals surface area contributed by atoms with Crippen LogP contribution in [0, 0.1) is 0 Å². The van der Waals surface area contributed by atoms with Crippen molar-refractivity contribution >= 4 is 56.5 Å². The van der Waals surface area contributed by atoms with E-state index in [1.807, 2.05) is 19.9 Å². The Kier molecular flexibility index (Phi) is 7.40. The quantitative estimate of drug-likeness (QED) is 0.522. The molecule has 0 radical (unpaired) electrons. The molecule has 2 aromatic rings. The van der Waals surface area contributed by atoms with Crippen LogP contribution in [0.3, 0.4) is 0 Å². The number of thioether (sulfide) groups is 1. The van der Waals surface area contributed by atoms with E-state index in [-0.39, 0.29) is 11.5 Å². The van der Waals surface area contributed by atoms with Gasteiger partial charge in [-0.05, 0) is 71.9 Å². The number of amides is 1. The van der Waals surface area contributed by atoms with Gasteiger partial charge < -0.3 is 14.6 Å². The number of carboxylic acid groups (broad SMARTS) is 1. The summed E-state index contributed by atoms with van der Waals surface area (Å²) >= 11 is 4.72. The van der Waals surface area contributed by atoms with Gasteiger partial charge in [-0.3, -0.25) is 9.69 Å². The fourth-order valence-electron chi connectivity index (χ4n) is 2.82. The molecule has 162 valence electrons. The maximum absolute atomic E-state index is 12.8. The molecule has 0 aliphatic carbocycles. The van der Waals surface area contributed by atoms with Crippen LogP contribution in [-0.2, 0) is 4.79 Å². The number of aliphatic imine (C=N–C) groups is 1. The number of carbonyl (C=O) groups excluding carboxylic acids is 1. The Morgan fingerprint density at radius 1 is 1.19 bits per heavy atom. The number of nitrogens with zero attached hydrogens (tertiary/aromatic N) is 2. The number of hydrogen-bond acceptors (Lipinski definition) is 6. The van der Waals surface area contributed by atoms with Crippen molar-refractivity contribution in [2.75, 3.05) is 20.3 Å². The molecule has 1 saturated heterocycles. The molecule has 1 heterocycles. The number of rotatable bonds is 7. The average Bonchev–Trinajstić information content (AvgIpc) is 2.99. The van der Waals surface area contributed by atoms with Crippen molar-refractivity contribution in [3.8, 4) is 11.5 Å². The third-order valence-electron chi connectivity index (χ3n) is 4.27. The number of benzene rings is 2. The summed E-state index contributed by atoms with van der Waals surface area (Å²) in [7, 11) is 1.63. The Labute approximate surface area is 192 Å². The molecule has 0 aromatic heterocycles. The largest absolute Gasteiger partial charge is 0.493 e.